The first-order valence-electron chi connectivity index (χ1n) is 3.35. The Morgan fingerprint density at radius 2 is 2.00 bits per heavy atom. The standard InChI is InChI=1S/C6H8O3/c7-2-1-3-5-6(9-5)4(2)8-3/h2-7H,1H2/t2-,3-,4+,5?,6?/m0/s1. The topological polar surface area (TPSA) is 42.0 Å². The lowest BCUT2D eigenvalue weighted by molar-refractivity contribution is -0.00705. The molecule has 3 fully saturated rings. The third-order valence-electron chi connectivity index (χ3n) is 2.44. The molecule has 0 aromatic rings. The number of aliphatic hydroxyl groups excluding tert-OH is 1. The average Bonchev–Trinajstić information content (AvgIpc) is 2.46. The molecular formula is C6H8O3. The molecule has 0 aliphatic carbocycles. The van der Waals surface area contributed by atoms with Crippen LogP contribution in [0.1, 0.15) is 6.42 Å². The van der Waals surface area contributed by atoms with Gasteiger partial charge in [0.25, 0.3) is 0 Å². The van der Waals surface area contributed by atoms with E-state index in [0.717, 1.165) is 6.42 Å². The van der Waals surface area contributed by atoms with E-state index in [-0.39, 0.29) is 24.4 Å². The number of aliphatic hydroxyl groups is 1. The second-order valence-electron chi connectivity index (χ2n) is 3.01. The van der Waals surface area contributed by atoms with E-state index in [2.05, 4.69) is 0 Å². The summed E-state index contributed by atoms with van der Waals surface area (Å²) in [5.41, 5.74) is 0. The Morgan fingerprint density at radius 3 is 2.56 bits per heavy atom. The zero-order chi connectivity index (χ0) is 6.01. The van der Waals surface area contributed by atoms with Crippen LogP contribution in [0.4, 0.5) is 0 Å². The third kappa shape index (κ3) is 0.407. The van der Waals surface area contributed by atoms with Crippen molar-refractivity contribution in [3.05, 3.63) is 0 Å². The molecule has 0 spiro atoms. The van der Waals surface area contributed by atoms with Crippen molar-refractivity contribution in [1.82, 2.24) is 0 Å². The van der Waals surface area contributed by atoms with Crippen molar-refractivity contribution >= 4 is 0 Å². The molecule has 0 aromatic carbocycles. The number of epoxide rings is 1. The fourth-order valence-electron chi connectivity index (χ4n) is 1.93. The van der Waals surface area contributed by atoms with Crippen LogP contribution in [0.3, 0.4) is 0 Å². The highest BCUT2D eigenvalue weighted by Gasteiger charge is 2.64. The molecule has 2 bridgehead atoms. The zero-order valence-electron chi connectivity index (χ0n) is 4.86. The number of rotatable bonds is 0. The molecule has 0 radical (unpaired) electrons. The summed E-state index contributed by atoms with van der Waals surface area (Å²) in [5.74, 6) is 0. The van der Waals surface area contributed by atoms with Gasteiger partial charge in [-0.15, -0.1) is 0 Å². The highest BCUT2D eigenvalue weighted by Crippen LogP contribution is 2.47. The normalized spacial score (nSPS) is 68.3. The van der Waals surface area contributed by atoms with E-state index < -0.39 is 0 Å². The van der Waals surface area contributed by atoms with Crippen LogP contribution in [0.15, 0.2) is 0 Å². The van der Waals surface area contributed by atoms with Gasteiger partial charge < -0.3 is 14.6 Å². The summed E-state index contributed by atoms with van der Waals surface area (Å²) in [6.07, 6.45) is 1.36. The van der Waals surface area contributed by atoms with Crippen LogP contribution in [-0.2, 0) is 9.47 Å². The minimum atomic E-state index is -0.251. The molecule has 0 aromatic heterocycles. The van der Waals surface area contributed by atoms with Crippen LogP contribution in [0.2, 0.25) is 0 Å². The van der Waals surface area contributed by atoms with Gasteiger partial charge in [0.2, 0.25) is 0 Å². The van der Waals surface area contributed by atoms with Crippen molar-refractivity contribution in [2.45, 2.75) is 36.9 Å². The van der Waals surface area contributed by atoms with E-state index in [4.69, 9.17) is 9.47 Å². The van der Waals surface area contributed by atoms with Gasteiger partial charge in [-0.1, -0.05) is 0 Å². The fraction of sp³-hybridized carbons (Fsp3) is 1.00. The van der Waals surface area contributed by atoms with Crippen LogP contribution >= 0.6 is 0 Å². The summed E-state index contributed by atoms with van der Waals surface area (Å²) in [7, 11) is 0. The van der Waals surface area contributed by atoms with Crippen LogP contribution in [0, 0.1) is 0 Å². The Hall–Kier alpha value is -0.120. The van der Waals surface area contributed by atoms with Gasteiger partial charge in [0.1, 0.15) is 18.3 Å². The smallest absolute Gasteiger partial charge is 0.115 e. The first kappa shape index (κ1) is 4.66. The Balaban J connectivity index is 1.96. The van der Waals surface area contributed by atoms with E-state index in [1.165, 1.54) is 0 Å². The van der Waals surface area contributed by atoms with Gasteiger partial charge in [-0.3, -0.25) is 0 Å². The minimum absolute atomic E-state index is 0.0139. The van der Waals surface area contributed by atoms with Gasteiger partial charge in [0.15, 0.2) is 0 Å². The van der Waals surface area contributed by atoms with Gasteiger partial charge >= 0.3 is 0 Å². The second-order valence-corrected chi connectivity index (χ2v) is 3.01. The molecular weight excluding hydrogens is 120 g/mol. The highest BCUT2D eigenvalue weighted by molar-refractivity contribution is 5.11. The molecule has 0 saturated carbocycles. The summed E-state index contributed by atoms with van der Waals surface area (Å²) in [4.78, 5) is 0. The molecule has 3 rings (SSSR count). The van der Waals surface area contributed by atoms with Gasteiger partial charge in [-0.2, -0.15) is 0 Å². The van der Waals surface area contributed by atoms with Gasteiger partial charge in [0.05, 0.1) is 12.2 Å². The molecule has 3 saturated heterocycles. The first-order valence-corrected chi connectivity index (χ1v) is 3.35. The first-order chi connectivity index (χ1) is 4.36. The van der Waals surface area contributed by atoms with Crippen molar-refractivity contribution in [3.63, 3.8) is 0 Å². The van der Waals surface area contributed by atoms with E-state index in [1.807, 2.05) is 0 Å². The Morgan fingerprint density at radius 1 is 1.11 bits per heavy atom. The summed E-state index contributed by atoms with van der Waals surface area (Å²) < 4.78 is 10.6. The number of hydrogen-bond donors (Lipinski definition) is 1. The van der Waals surface area contributed by atoms with Crippen molar-refractivity contribution < 1.29 is 14.6 Å². The molecule has 3 nitrogen and oxygen atoms in total. The van der Waals surface area contributed by atoms with E-state index in [0.29, 0.717) is 6.10 Å². The van der Waals surface area contributed by atoms with Crippen LogP contribution in [0.5, 0.6) is 0 Å². The van der Waals surface area contributed by atoms with Gasteiger partial charge in [0, 0.05) is 6.42 Å². The number of ether oxygens (including phenoxy) is 2. The molecule has 9 heavy (non-hydrogen) atoms. The van der Waals surface area contributed by atoms with Crippen molar-refractivity contribution in [1.29, 1.82) is 0 Å². The average molecular weight is 128 g/mol. The van der Waals surface area contributed by atoms with Crippen LogP contribution in [0.25, 0.3) is 0 Å². The molecule has 3 aliphatic heterocycles. The number of fused-ring (bicyclic) bond motifs is 5. The Bertz CT molecular complexity index is 154. The van der Waals surface area contributed by atoms with E-state index in [1.54, 1.807) is 0 Å². The summed E-state index contributed by atoms with van der Waals surface area (Å²) in [6.45, 7) is 0. The largest absolute Gasteiger partial charge is 0.390 e. The monoisotopic (exact) mass is 128 g/mol. The predicted molar refractivity (Wildman–Crippen MR) is 27.9 cm³/mol. The summed E-state index contributed by atoms with van der Waals surface area (Å²) >= 11 is 0. The van der Waals surface area contributed by atoms with Crippen LogP contribution in [-0.4, -0.2) is 35.6 Å². The minimum Gasteiger partial charge on any atom is -0.390 e. The Labute approximate surface area is 52.6 Å². The second kappa shape index (κ2) is 1.17. The zero-order valence-corrected chi connectivity index (χ0v) is 4.86. The lowest BCUT2D eigenvalue weighted by atomic mass is 9.98. The maximum Gasteiger partial charge on any atom is 0.115 e. The van der Waals surface area contributed by atoms with Gasteiger partial charge in [-0.05, 0) is 0 Å². The molecule has 3 heterocycles. The van der Waals surface area contributed by atoms with E-state index in [9.17, 15) is 5.11 Å². The summed E-state index contributed by atoms with van der Waals surface area (Å²) in [6, 6.07) is 0. The third-order valence-corrected chi connectivity index (χ3v) is 2.44. The van der Waals surface area contributed by atoms with Crippen molar-refractivity contribution in [2.75, 3.05) is 0 Å². The van der Waals surface area contributed by atoms with Crippen molar-refractivity contribution in [2.24, 2.45) is 0 Å². The molecule has 0 amide bonds. The van der Waals surface area contributed by atoms with Crippen LogP contribution < -0.4 is 0 Å². The SMILES string of the molecule is O[C@H]1C[C@@H]2O[C@H]1C1OC12. The maximum atomic E-state index is 9.21. The van der Waals surface area contributed by atoms with Gasteiger partial charge in [-0.25, -0.2) is 0 Å². The molecule has 1 N–H and O–H groups in total. The molecule has 2 unspecified atom stereocenters. The predicted octanol–water partition coefficient (Wildman–Crippen LogP) is -0.714. The molecule has 3 aliphatic rings. The summed E-state index contributed by atoms with van der Waals surface area (Å²) in [5, 5.41) is 9.21. The maximum absolute atomic E-state index is 9.21. The lowest BCUT2D eigenvalue weighted by Gasteiger charge is -2.07. The van der Waals surface area contributed by atoms with Crippen molar-refractivity contribution in [3.8, 4) is 0 Å². The quantitative estimate of drug-likeness (QED) is 0.438. The molecule has 50 valence electrons. The molecule has 3 heteroatoms. The highest BCUT2D eigenvalue weighted by atomic mass is 16.7. The Kier molecular flexibility index (Phi) is 0.604. The van der Waals surface area contributed by atoms with E-state index >= 15 is 0 Å². The fourth-order valence-corrected chi connectivity index (χ4v) is 1.93. The lowest BCUT2D eigenvalue weighted by Crippen LogP contribution is -2.28. The molecule has 5 atom stereocenters. The number of hydrogen-bond acceptors (Lipinski definition) is 3.